The first-order valence-corrected chi connectivity index (χ1v) is 5.45. The van der Waals surface area contributed by atoms with Crippen LogP contribution in [0.25, 0.3) is 0 Å². The fourth-order valence-corrected chi connectivity index (χ4v) is 1.51. The molecular weight excluding hydrogens is 240 g/mol. The molecule has 0 saturated carbocycles. The van der Waals surface area contributed by atoms with Gasteiger partial charge in [0.05, 0.1) is 5.02 Å². The van der Waals surface area contributed by atoms with E-state index in [-0.39, 0.29) is 12.5 Å². The zero-order valence-electron chi connectivity index (χ0n) is 9.26. The molecule has 5 heteroatoms. The molecule has 88 valence electrons. The van der Waals surface area contributed by atoms with Crippen molar-refractivity contribution in [3.8, 4) is 5.75 Å². The van der Waals surface area contributed by atoms with Crippen LogP contribution in [-0.4, -0.2) is 22.1 Å². The number of ether oxygens (including phenoxy) is 1. The van der Waals surface area contributed by atoms with Crippen LogP contribution in [0.15, 0.2) is 36.9 Å². The van der Waals surface area contributed by atoms with E-state index in [1.807, 2.05) is 13.0 Å². The third kappa shape index (κ3) is 2.85. The molecular formula is C12H11ClN2O2. The Labute approximate surface area is 104 Å². The molecule has 17 heavy (non-hydrogen) atoms. The third-order valence-corrected chi connectivity index (χ3v) is 2.54. The first-order chi connectivity index (χ1) is 8.16. The van der Waals surface area contributed by atoms with Crippen LogP contribution in [0.1, 0.15) is 10.4 Å². The fourth-order valence-electron chi connectivity index (χ4n) is 1.34. The number of halogens is 1. The topological polar surface area (TPSA) is 44.1 Å². The van der Waals surface area contributed by atoms with Crippen molar-refractivity contribution in [3.63, 3.8) is 0 Å². The number of aromatic nitrogens is 2. The molecule has 0 amide bonds. The van der Waals surface area contributed by atoms with Gasteiger partial charge in [-0.3, -0.25) is 9.36 Å². The first-order valence-electron chi connectivity index (χ1n) is 5.07. The van der Waals surface area contributed by atoms with E-state index in [1.165, 1.54) is 17.1 Å². The highest BCUT2D eigenvalue weighted by Crippen LogP contribution is 2.25. The second-order valence-electron chi connectivity index (χ2n) is 3.59. The summed E-state index contributed by atoms with van der Waals surface area (Å²) in [5, 5.41) is 0.494. The predicted octanol–water partition coefficient (Wildman–Crippen LogP) is 2.56. The quantitative estimate of drug-likeness (QED) is 0.841. The SMILES string of the molecule is Cc1ccc(Cl)c(OCC(=O)n2ccnc2)c1. The predicted molar refractivity (Wildman–Crippen MR) is 64.5 cm³/mol. The highest BCUT2D eigenvalue weighted by Gasteiger charge is 2.07. The van der Waals surface area contributed by atoms with Gasteiger partial charge < -0.3 is 4.74 Å². The summed E-state index contributed by atoms with van der Waals surface area (Å²) in [4.78, 5) is 15.4. The molecule has 2 aromatic rings. The Morgan fingerprint density at radius 3 is 3.06 bits per heavy atom. The number of aryl methyl sites for hydroxylation is 1. The number of carbonyl (C=O) groups excluding carboxylic acids is 1. The van der Waals surface area contributed by atoms with E-state index in [0.29, 0.717) is 10.8 Å². The lowest BCUT2D eigenvalue weighted by Gasteiger charge is -2.08. The zero-order chi connectivity index (χ0) is 12.3. The van der Waals surface area contributed by atoms with Gasteiger partial charge in [0.15, 0.2) is 6.61 Å². The monoisotopic (exact) mass is 250 g/mol. The van der Waals surface area contributed by atoms with Crippen LogP contribution >= 0.6 is 11.6 Å². The zero-order valence-corrected chi connectivity index (χ0v) is 10.0. The van der Waals surface area contributed by atoms with Gasteiger partial charge in [-0.1, -0.05) is 17.7 Å². The number of carbonyl (C=O) groups is 1. The molecule has 1 heterocycles. The van der Waals surface area contributed by atoms with E-state index in [1.54, 1.807) is 18.3 Å². The molecule has 0 spiro atoms. The lowest BCUT2D eigenvalue weighted by atomic mass is 10.2. The van der Waals surface area contributed by atoms with Crippen LogP contribution in [0.4, 0.5) is 0 Å². The molecule has 0 aliphatic heterocycles. The summed E-state index contributed by atoms with van der Waals surface area (Å²) in [6.45, 7) is 1.86. The Morgan fingerprint density at radius 2 is 2.35 bits per heavy atom. The normalized spacial score (nSPS) is 10.2. The molecule has 0 saturated heterocycles. The van der Waals surface area contributed by atoms with E-state index < -0.39 is 0 Å². The molecule has 0 unspecified atom stereocenters. The van der Waals surface area contributed by atoms with Gasteiger partial charge in [-0.15, -0.1) is 0 Å². The average Bonchev–Trinajstić information content (AvgIpc) is 2.83. The molecule has 0 aliphatic carbocycles. The fraction of sp³-hybridized carbons (Fsp3) is 0.167. The van der Waals surface area contributed by atoms with Gasteiger partial charge in [-0.2, -0.15) is 0 Å². The summed E-state index contributed by atoms with van der Waals surface area (Å²) in [5.74, 6) is 0.320. The van der Waals surface area contributed by atoms with Gasteiger partial charge >= 0.3 is 0 Å². The molecule has 4 nitrogen and oxygen atoms in total. The molecule has 0 N–H and O–H groups in total. The summed E-state index contributed by atoms with van der Waals surface area (Å²) in [6.07, 6.45) is 4.55. The van der Waals surface area contributed by atoms with Crippen molar-refractivity contribution >= 4 is 17.5 Å². The van der Waals surface area contributed by atoms with Gasteiger partial charge in [0.1, 0.15) is 12.1 Å². The highest BCUT2D eigenvalue weighted by molar-refractivity contribution is 6.32. The molecule has 0 atom stereocenters. The van der Waals surface area contributed by atoms with Gasteiger partial charge in [-0.25, -0.2) is 4.98 Å². The Balaban J connectivity index is 2.03. The summed E-state index contributed by atoms with van der Waals surface area (Å²) >= 11 is 5.95. The minimum absolute atomic E-state index is 0.0699. The molecule has 0 bridgehead atoms. The minimum Gasteiger partial charge on any atom is -0.482 e. The molecule has 2 rings (SSSR count). The standard InChI is InChI=1S/C12H11ClN2O2/c1-9-2-3-10(13)11(6-9)17-7-12(16)15-5-4-14-8-15/h2-6,8H,7H2,1H3. The maximum atomic E-state index is 11.6. The second kappa shape index (κ2) is 5.01. The average molecular weight is 251 g/mol. The number of imidazole rings is 1. The molecule has 1 aromatic carbocycles. The summed E-state index contributed by atoms with van der Waals surface area (Å²) in [6, 6.07) is 5.42. The van der Waals surface area contributed by atoms with Crippen molar-refractivity contribution in [1.82, 2.24) is 9.55 Å². The summed E-state index contributed by atoms with van der Waals surface area (Å²) in [5.41, 5.74) is 1.03. The molecule has 0 radical (unpaired) electrons. The first kappa shape index (κ1) is 11.7. The summed E-state index contributed by atoms with van der Waals surface area (Å²) in [7, 11) is 0. The van der Waals surface area contributed by atoms with Crippen molar-refractivity contribution in [2.45, 2.75) is 6.92 Å². The number of benzene rings is 1. The van der Waals surface area contributed by atoms with Crippen LogP contribution < -0.4 is 4.74 Å². The van der Waals surface area contributed by atoms with Crippen molar-refractivity contribution < 1.29 is 9.53 Å². The van der Waals surface area contributed by atoms with E-state index in [9.17, 15) is 4.79 Å². The number of hydrogen-bond donors (Lipinski definition) is 0. The van der Waals surface area contributed by atoms with E-state index >= 15 is 0 Å². The van der Waals surface area contributed by atoms with E-state index in [2.05, 4.69) is 4.98 Å². The lowest BCUT2D eigenvalue weighted by molar-refractivity contribution is 0.0837. The second-order valence-corrected chi connectivity index (χ2v) is 3.99. The highest BCUT2D eigenvalue weighted by atomic mass is 35.5. The molecule has 1 aromatic heterocycles. The van der Waals surface area contributed by atoms with Gasteiger partial charge in [0.25, 0.3) is 5.91 Å². The van der Waals surface area contributed by atoms with Crippen LogP contribution in [0.2, 0.25) is 5.02 Å². The molecule has 0 fully saturated rings. The maximum absolute atomic E-state index is 11.6. The molecule has 0 aliphatic rings. The van der Waals surface area contributed by atoms with E-state index in [0.717, 1.165) is 5.56 Å². The smallest absolute Gasteiger partial charge is 0.269 e. The van der Waals surface area contributed by atoms with Gasteiger partial charge in [0, 0.05) is 12.4 Å². The maximum Gasteiger partial charge on any atom is 0.269 e. The Bertz CT molecular complexity index is 523. The third-order valence-electron chi connectivity index (χ3n) is 2.23. The van der Waals surface area contributed by atoms with E-state index in [4.69, 9.17) is 16.3 Å². The van der Waals surface area contributed by atoms with Gasteiger partial charge in [0.2, 0.25) is 0 Å². The number of hydrogen-bond acceptors (Lipinski definition) is 3. The number of rotatable bonds is 3. The van der Waals surface area contributed by atoms with Crippen molar-refractivity contribution in [2.75, 3.05) is 6.61 Å². The Morgan fingerprint density at radius 1 is 1.53 bits per heavy atom. The Kier molecular flexibility index (Phi) is 3.44. The largest absolute Gasteiger partial charge is 0.482 e. The van der Waals surface area contributed by atoms with Crippen LogP contribution in [0.3, 0.4) is 0 Å². The van der Waals surface area contributed by atoms with Crippen molar-refractivity contribution in [3.05, 3.63) is 47.5 Å². The van der Waals surface area contributed by atoms with Crippen LogP contribution in [-0.2, 0) is 0 Å². The van der Waals surface area contributed by atoms with Crippen LogP contribution in [0, 0.1) is 6.92 Å². The number of nitrogens with zero attached hydrogens (tertiary/aromatic N) is 2. The van der Waals surface area contributed by atoms with Gasteiger partial charge in [-0.05, 0) is 24.6 Å². The van der Waals surface area contributed by atoms with Crippen molar-refractivity contribution in [2.24, 2.45) is 0 Å². The lowest BCUT2D eigenvalue weighted by Crippen LogP contribution is -2.17. The minimum atomic E-state index is -0.194. The Hall–Kier alpha value is -1.81. The van der Waals surface area contributed by atoms with Crippen molar-refractivity contribution in [1.29, 1.82) is 0 Å². The summed E-state index contributed by atoms with van der Waals surface area (Å²) < 4.78 is 6.74. The van der Waals surface area contributed by atoms with Crippen LogP contribution in [0.5, 0.6) is 5.75 Å².